The average molecular weight is 460 g/mol. The van der Waals surface area contributed by atoms with Gasteiger partial charge in [-0.2, -0.15) is 0 Å². The molecule has 160 valence electrons. The molecule has 2 aromatic rings. The molecule has 0 bridgehead atoms. The summed E-state index contributed by atoms with van der Waals surface area (Å²) in [6, 6.07) is 10.5. The van der Waals surface area contributed by atoms with E-state index in [1.807, 2.05) is 19.1 Å². The third kappa shape index (κ3) is 5.38. The van der Waals surface area contributed by atoms with Crippen LogP contribution < -0.4 is 10.1 Å². The highest BCUT2D eigenvalue weighted by atomic mass is 32.2. The molecule has 0 unspecified atom stereocenters. The van der Waals surface area contributed by atoms with E-state index in [0.717, 1.165) is 40.1 Å². The van der Waals surface area contributed by atoms with Gasteiger partial charge >= 0.3 is 0 Å². The number of amides is 2. The first-order valence-electron chi connectivity index (χ1n) is 9.04. The molecular formula is C20H17N3O6S2. The molecule has 0 radical (unpaired) electrons. The van der Waals surface area contributed by atoms with Crippen molar-refractivity contribution in [3.63, 3.8) is 0 Å². The lowest BCUT2D eigenvalue weighted by Crippen LogP contribution is -2.36. The fraction of sp³-hybridized carbons (Fsp3) is 0.150. The third-order valence-corrected chi connectivity index (χ3v) is 5.51. The van der Waals surface area contributed by atoms with Gasteiger partial charge in [0.05, 0.1) is 28.2 Å². The van der Waals surface area contributed by atoms with Gasteiger partial charge in [0.2, 0.25) is 5.91 Å². The van der Waals surface area contributed by atoms with Crippen LogP contribution in [0.4, 0.5) is 11.4 Å². The summed E-state index contributed by atoms with van der Waals surface area (Å²) in [5.41, 5.74) is 0.460. The topological polar surface area (TPSA) is 122 Å². The summed E-state index contributed by atoms with van der Waals surface area (Å²) in [4.78, 5) is 36.6. The zero-order chi connectivity index (χ0) is 22.5. The Morgan fingerprint density at radius 3 is 2.65 bits per heavy atom. The number of phenols is 1. The van der Waals surface area contributed by atoms with Gasteiger partial charge in [0.15, 0.2) is 0 Å². The number of rotatable bonds is 7. The van der Waals surface area contributed by atoms with E-state index < -0.39 is 22.5 Å². The summed E-state index contributed by atoms with van der Waals surface area (Å²) in [7, 11) is 0. The molecular weight excluding hydrogens is 442 g/mol. The van der Waals surface area contributed by atoms with Crippen LogP contribution in [0.25, 0.3) is 6.08 Å². The number of thioether (sulfide) groups is 1. The molecule has 1 fully saturated rings. The number of nitro groups is 1. The highest BCUT2D eigenvalue weighted by Crippen LogP contribution is 2.33. The second-order valence-electron chi connectivity index (χ2n) is 6.28. The van der Waals surface area contributed by atoms with Crippen LogP contribution in [0, 0.1) is 10.1 Å². The summed E-state index contributed by atoms with van der Waals surface area (Å²) < 4.78 is 5.61. The number of nitrogens with one attached hydrogen (secondary N) is 1. The maximum Gasteiger partial charge on any atom is 0.273 e. The van der Waals surface area contributed by atoms with Crippen molar-refractivity contribution in [2.45, 2.75) is 6.92 Å². The Morgan fingerprint density at radius 1 is 1.32 bits per heavy atom. The van der Waals surface area contributed by atoms with Crippen LogP contribution in [0.5, 0.6) is 11.5 Å². The molecule has 9 nitrogen and oxygen atoms in total. The second kappa shape index (κ2) is 9.58. The zero-order valence-electron chi connectivity index (χ0n) is 16.2. The number of non-ortho nitro benzene ring substituents is 1. The number of hydrogen-bond donors (Lipinski definition) is 2. The lowest BCUT2D eigenvalue weighted by molar-refractivity contribution is -0.384. The van der Waals surface area contributed by atoms with Crippen molar-refractivity contribution in [1.29, 1.82) is 0 Å². The van der Waals surface area contributed by atoms with Gasteiger partial charge in [-0.3, -0.25) is 24.6 Å². The summed E-state index contributed by atoms with van der Waals surface area (Å²) in [5.74, 6) is -0.753. The quantitative estimate of drug-likeness (QED) is 0.212. The predicted molar refractivity (Wildman–Crippen MR) is 121 cm³/mol. The van der Waals surface area contributed by atoms with Crippen molar-refractivity contribution >= 4 is 57.6 Å². The number of anilines is 1. The van der Waals surface area contributed by atoms with Gasteiger partial charge in [-0.15, -0.1) is 0 Å². The molecule has 2 amide bonds. The van der Waals surface area contributed by atoms with E-state index in [1.54, 1.807) is 18.2 Å². The Labute approximate surface area is 186 Å². The van der Waals surface area contributed by atoms with Crippen LogP contribution in [0.2, 0.25) is 0 Å². The second-order valence-corrected chi connectivity index (χ2v) is 7.95. The number of nitro benzene ring substituents is 1. The van der Waals surface area contributed by atoms with Gasteiger partial charge in [-0.25, -0.2) is 0 Å². The Balaban J connectivity index is 1.67. The Bertz CT molecular complexity index is 1080. The minimum absolute atomic E-state index is 0.00836. The van der Waals surface area contributed by atoms with Crippen molar-refractivity contribution in [2.75, 3.05) is 18.5 Å². The first-order chi connectivity index (χ1) is 14.8. The largest absolute Gasteiger partial charge is 0.506 e. The molecule has 0 spiro atoms. The normalized spacial score (nSPS) is 14.7. The fourth-order valence-corrected chi connectivity index (χ4v) is 3.94. The molecule has 0 aliphatic carbocycles. The lowest BCUT2D eigenvalue weighted by atomic mass is 10.2. The number of hydrogen-bond acceptors (Lipinski definition) is 8. The highest BCUT2D eigenvalue weighted by molar-refractivity contribution is 8.26. The minimum atomic E-state index is -0.665. The van der Waals surface area contributed by atoms with Crippen molar-refractivity contribution < 1.29 is 24.4 Å². The molecule has 31 heavy (non-hydrogen) atoms. The number of phenolic OH excluding ortho intramolecular Hbond substituents is 1. The zero-order valence-corrected chi connectivity index (χ0v) is 17.9. The van der Waals surface area contributed by atoms with Gasteiger partial charge in [0, 0.05) is 6.07 Å². The smallest absolute Gasteiger partial charge is 0.273 e. The van der Waals surface area contributed by atoms with Crippen LogP contribution in [-0.4, -0.2) is 44.2 Å². The predicted octanol–water partition coefficient (Wildman–Crippen LogP) is 3.54. The first kappa shape index (κ1) is 22.2. The van der Waals surface area contributed by atoms with Gasteiger partial charge in [0.25, 0.3) is 11.6 Å². The summed E-state index contributed by atoms with van der Waals surface area (Å²) >= 11 is 6.30. The van der Waals surface area contributed by atoms with E-state index >= 15 is 0 Å². The van der Waals surface area contributed by atoms with E-state index in [1.165, 1.54) is 6.07 Å². The van der Waals surface area contributed by atoms with Crippen molar-refractivity contribution in [1.82, 2.24) is 4.90 Å². The monoisotopic (exact) mass is 459 g/mol. The van der Waals surface area contributed by atoms with Gasteiger partial charge in [-0.05, 0) is 36.8 Å². The van der Waals surface area contributed by atoms with Crippen molar-refractivity contribution in [3.05, 3.63) is 63.0 Å². The van der Waals surface area contributed by atoms with E-state index in [2.05, 4.69) is 5.32 Å². The molecule has 1 saturated heterocycles. The standard InChI is InChI=1S/C20H17N3O6S2/c1-2-29-14-6-3-12(4-7-14)9-17-19(26)22(20(30)31-17)11-18(25)21-15-8-5-13(23(27)28)10-16(15)24/h3-10,24H,2,11H2,1H3,(H,21,25)/b17-9+. The van der Waals surface area contributed by atoms with Crippen LogP contribution in [0.15, 0.2) is 47.4 Å². The molecule has 0 atom stereocenters. The summed E-state index contributed by atoms with van der Waals surface area (Å²) in [5, 5.41) is 23.0. The summed E-state index contributed by atoms with van der Waals surface area (Å²) in [6.07, 6.45) is 1.68. The number of carbonyl (C=O) groups is 2. The first-order valence-corrected chi connectivity index (χ1v) is 10.3. The molecule has 0 saturated carbocycles. The molecule has 11 heteroatoms. The maximum atomic E-state index is 12.7. The molecule has 1 aliphatic rings. The number of ether oxygens (including phenoxy) is 1. The number of nitrogens with zero attached hydrogens (tertiary/aromatic N) is 2. The van der Waals surface area contributed by atoms with E-state index in [0.29, 0.717) is 11.5 Å². The van der Waals surface area contributed by atoms with Gasteiger partial charge in [0.1, 0.15) is 22.4 Å². The van der Waals surface area contributed by atoms with Crippen LogP contribution in [0.3, 0.4) is 0 Å². The SMILES string of the molecule is CCOc1ccc(/C=C2/SC(=S)N(CC(=O)Nc3ccc([N+](=O)[O-])cc3O)C2=O)cc1. The number of benzene rings is 2. The van der Waals surface area contributed by atoms with Crippen molar-refractivity contribution in [3.8, 4) is 11.5 Å². The van der Waals surface area contributed by atoms with Crippen LogP contribution in [0.1, 0.15) is 12.5 Å². The van der Waals surface area contributed by atoms with Crippen LogP contribution in [-0.2, 0) is 9.59 Å². The Morgan fingerprint density at radius 2 is 2.03 bits per heavy atom. The van der Waals surface area contributed by atoms with E-state index in [-0.39, 0.29) is 22.2 Å². The summed E-state index contributed by atoms with van der Waals surface area (Å²) in [6.45, 7) is 2.08. The molecule has 1 heterocycles. The number of thiocarbonyl (C=S) groups is 1. The molecule has 2 N–H and O–H groups in total. The molecule has 1 aliphatic heterocycles. The van der Waals surface area contributed by atoms with Crippen molar-refractivity contribution in [2.24, 2.45) is 0 Å². The molecule has 2 aromatic carbocycles. The minimum Gasteiger partial charge on any atom is -0.506 e. The molecule has 3 rings (SSSR count). The number of aromatic hydroxyl groups is 1. The highest BCUT2D eigenvalue weighted by Gasteiger charge is 2.33. The Hall–Kier alpha value is -3.44. The maximum absolute atomic E-state index is 12.7. The van der Waals surface area contributed by atoms with Gasteiger partial charge < -0.3 is 15.2 Å². The fourth-order valence-electron chi connectivity index (χ4n) is 2.69. The van der Waals surface area contributed by atoms with E-state index in [4.69, 9.17) is 17.0 Å². The Kier molecular flexibility index (Phi) is 6.88. The average Bonchev–Trinajstić information content (AvgIpc) is 2.98. The number of carbonyl (C=O) groups excluding carboxylic acids is 2. The molecule has 0 aromatic heterocycles. The van der Waals surface area contributed by atoms with Crippen LogP contribution >= 0.6 is 24.0 Å². The van der Waals surface area contributed by atoms with E-state index in [9.17, 15) is 24.8 Å². The lowest BCUT2D eigenvalue weighted by Gasteiger charge is -2.14. The van der Waals surface area contributed by atoms with Gasteiger partial charge in [-0.1, -0.05) is 36.1 Å². The third-order valence-electron chi connectivity index (χ3n) is 4.13.